The fraction of sp³-hybridized carbons (Fsp3) is 0.0625. The van der Waals surface area contributed by atoms with Crippen molar-refractivity contribution in [3.8, 4) is 0 Å². The van der Waals surface area contributed by atoms with Gasteiger partial charge >= 0.3 is 11.9 Å². The quantitative estimate of drug-likeness (QED) is 0.130. The van der Waals surface area contributed by atoms with Gasteiger partial charge in [-0.1, -0.05) is 29.3 Å². The van der Waals surface area contributed by atoms with Crippen molar-refractivity contribution in [1.29, 1.82) is 0 Å². The monoisotopic (exact) mass is 615 g/mol. The van der Waals surface area contributed by atoms with E-state index in [0.717, 1.165) is 4.90 Å². The van der Waals surface area contributed by atoms with Crippen LogP contribution in [0.15, 0.2) is 91.0 Å². The Morgan fingerprint density at radius 2 is 1.02 bits per heavy atom. The van der Waals surface area contributed by atoms with Crippen LogP contribution in [-0.2, 0) is 9.47 Å². The summed E-state index contributed by atoms with van der Waals surface area (Å²) >= 11 is 11.6. The third kappa shape index (κ3) is 6.38. The zero-order valence-corrected chi connectivity index (χ0v) is 23.6. The highest BCUT2D eigenvalue weighted by molar-refractivity contribution is 6.35. The molecule has 0 radical (unpaired) electrons. The maximum atomic E-state index is 13.3. The van der Waals surface area contributed by atoms with Gasteiger partial charge in [-0.2, -0.15) is 0 Å². The molecule has 0 fully saturated rings. The summed E-state index contributed by atoms with van der Waals surface area (Å²) in [5.74, 6) is -3.97. The first-order valence-corrected chi connectivity index (χ1v) is 13.4. The Balaban J connectivity index is 1.25. The molecule has 1 heterocycles. The SMILES string of the molecule is O=C(COC(=O)c1cccc(N2C(=O)c3ccc(C(=O)OCC(=O)c4ccc(Cl)cc4)cc3C2=O)c1)c1ccc(Cl)cc1. The fourth-order valence-corrected chi connectivity index (χ4v) is 4.49. The third-order valence-electron chi connectivity index (χ3n) is 6.46. The molecule has 11 heteroatoms. The van der Waals surface area contributed by atoms with Crippen molar-refractivity contribution in [1.82, 2.24) is 0 Å². The second-order valence-corrected chi connectivity index (χ2v) is 10.1. The van der Waals surface area contributed by atoms with E-state index in [1.165, 1.54) is 91.0 Å². The lowest BCUT2D eigenvalue weighted by atomic mass is 10.1. The van der Waals surface area contributed by atoms with E-state index >= 15 is 0 Å². The topological polar surface area (TPSA) is 124 Å². The van der Waals surface area contributed by atoms with E-state index in [9.17, 15) is 28.8 Å². The number of fused-ring (bicyclic) bond motifs is 1. The number of carbonyl (C=O) groups is 6. The normalized spacial score (nSPS) is 12.1. The van der Waals surface area contributed by atoms with E-state index in [1.54, 1.807) is 0 Å². The minimum absolute atomic E-state index is 0.00702. The molecule has 4 aromatic rings. The van der Waals surface area contributed by atoms with Crippen LogP contribution in [0.4, 0.5) is 5.69 Å². The number of ether oxygens (including phenoxy) is 2. The summed E-state index contributed by atoms with van der Waals surface area (Å²) < 4.78 is 10.2. The number of hydrogen-bond donors (Lipinski definition) is 0. The van der Waals surface area contributed by atoms with E-state index in [0.29, 0.717) is 21.2 Å². The lowest BCUT2D eigenvalue weighted by molar-refractivity contribution is 0.0472. The van der Waals surface area contributed by atoms with Crippen LogP contribution in [0.2, 0.25) is 10.0 Å². The molecule has 0 aliphatic carbocycles. The summed E-state index contributed by atoms with van der Waals surface area (Å²) in [6, 6.07) is 21.6. The molecule has 0 saturated heterocycles. The Morgan fingerprint density at radius 3 is 1.56 bits per heavy atom. The Morgan fingerprint density at radius 1 is 0.558 bits per heavy atom. The van der Waals surface area contributed by atoms with Crippen molar-refractivity contribution < 1.29 is 38.2 Å². The minimum atomic E-state index is -0.860. The van der Waals surface area contributed by atoms with Gasteiger partial charge in [-0.3, -0.25) is 19.2 Å². The van der Waals surface area contributed by atoms with Gasteiger partial charge in [0.05, 0.1) is 27.9 Å². The number of anilines is 1. The predicted octanol–water partition coefficient (Wildman–Crippen LogP) is 5.87. The van der Waals surface area contributed by atoms with Gasteiger partial charge in [0.1, 0.15) is 0 Å². The van der Waals surface area contributed by atoms with Crippen LogP contribution in [0, 0.1) is 0 Å². The van der Waals surface area contributed by atoms with E-state index in [1.807, 2.05) is 0 Å². The number of nitrogens with zero attached hydrogens (tertiary/aromatic N) is 1. The number of ketones is 2. The van der Waals surface area contributed by atoms with Crippen LogP contribution in [0.5, 0.6) is 0 Å². The van der Waals surface area contributed by atoms with Crippen molar-refractivity contribution in [3.63, 3.8) is 0 Å². The molecule has 1 aliphatic rings. The molecule has 0 unspecified atom stereocenters. The van der Waals surface area contributed by atoms with Crippen molar-refractivity contribution >= 4 is 64.2 Å². The van der Waals surface area contributed by atoms with Crippen molar-refractivity contribution in [2.75, 3.05) is 18.1 Å². The highest BCUT2D eigenvalue weighted by atomic mass is 35.5. The molecule has 0 aromatic heterocycles. The van der Waals surface area contributed by atoms with Crippen molar-refractivity contribution in [2.45, 2.75) is 0 Å². The van der Waals surface area contributed by atoms with Gasteiger partial charge in [0.2, 0.25) is 0 Å². The number of halogens is 2. The van der Waals surface area contributed by atoms with Crippen LogP contribution in [0.25, 0.3) is 0 Å². The molecule has 0 saturated carbocycles. The Labute approximate surface area is 254 Å². The summed E-state index contributed by atoms with van der Waals surface area (Å²) in [4.78, 5) is 77.2. The van der Waals surface area contributed by atoms with Gasteiger partial charge in [0.15, 0.2) is 24.8 Å². The Hall–Kier alpha value is -5.12. The molecule has 43 heavy (non-hydrogen) atoms. The molecule has 1 aliphatic heterocycles. The van der Waals surface area contributed by atoms with E-state index in [-0.39, 0.29) is 27.9 Å². The smallest absolute Gasteiger partial charge is 0.338 e. The molecule has 214 valence electrons. The standard InChI is InChI=1S/C32H19Cl2NO8/c33-22-9-4-18(5-10-22)27(36)16-42-31(40)20-2-1-3-24(14-20)35-29(38)25-13-8-21(15-26(25)30(35)39)32(41)43-17-28(37)19-6-11-23(34)12-7-19/h1-15H,16-17H2. The van der Waals surface area contributed by atoms with E-state index < -0.39 is 48.5 Å². The largest absolute Gasteiger partial charge is 0.454 e. The zero-order valence-electron chi connectivity index (χ0n) is 22.0. The first kappa shape index (κ1) is 29.4. The molecule has 0 atom stereocenters. The number of benzene rings is 4. The van der Waals surface area contributed by atoms with Gasteiger partial charge < -0.3 is 9.47 Å². The number of esters is 2. The van der Waals surface area contributed by atoms with Crippen molar-refractivity contribution in [2.24, 2.45) is 0 Å². The highest BCUT2D eigenvalue weighted by Gasteiger charge is 2.37. The number of imide groups is 1. The third-order valence-corrected chi connectivity index (χ3v) is 6.97. The van der Waals surface area contributed by atoms with Crippen molar-refractivity contribution in [3.05, 3.63) is 134 Å². The molecule has 4 aromatic carbocycles. The number of hydrogen-bond acceptors (Lipinski definition) is 8. The predicted molar refractivity (Wildman–Crippen MR) is 156 cm³/mol. The second kappa shape index (κ2) is 12.4. The van der Waals surface area contributed by atoms with Crippen LogP contribution >= 0.6 is 23.2 Å². The lowest BCUT2D eigenvalue weighted by Crippen LogP contribution is -2.29. The first-order chi connectivity index (χ1) is 20.6. The molecule has 5 rings (SSSR count). The number of Topliss-reactive ketones (excluding diaryl/α,β-unsaturated/α-hetero) is 2. The number of rotatable bonds is 9. The first-order valence-electron chi connectivity index (χ1n) is 12.7. The molecule has 0 N–H and O–H groups in total. The zero-order chi connectivity index (χ0) is 30.7. The van der Waals surface area contributed by atoms with Gasteiger partial charge in [-0.15, -0.1) is 0 Å². The molecular weight excluding hydrogens is 597 g/mol. The molecule has 0 bridgehead atoms. The summed E-state index contributed by atoms with van der Waals surface area (Å²) in [5.41, 5.74) is 0.670. The molecular formula is C32H19Cl2NO8. The van der Waals surface area contributed by atoms with Crippen LogP contribution in [0.1, 0.15) is 62.1 Å². The maximum absolute atomic E-state index is 13.3. The second-order valence-electron chi connectivity index (χ2n) is 9.27. The summed E-state index contributed by atoms with van der Waals surface area (Å²) in [6.45, 7) is -1.06. The van der Waals surface area contributed by atoms with E-state index in [2.05, 4.69) is 0 Å². The summed E-state index contributed by atoms with van der Waals surface area (Å²) in [6.07, 6.45) is 0. The Bertz CT molecular complexity index is 1800. The average molecular weight is 616 g/mol. The summed E-state index contributed by atoms with van der Waals surface area (Å²) in [5, 5.41) is 0.907. The van der Waals surface area contributed by atoms with Crippen LogP contribution in [0.3, 0.4) is 0 Å². The van der Waals surface area contributed by atoms with Gasteiger partial charge in [0, 0.05) is 21.2 Å². The summed E-state index contributed by atoms with van der Waals surface area (Å²) in [7, 11) is 0. The minimum Gasteiger partial charge on any atom is -0.454 e. The van der Waals surface area contributed by atoms with Crippen LogP contribution < -0.4 is 4.90 Å². The molecule has 0 spiro atoms. The Kier molecular flexibility index (Phi) is 8.47. The fourth-order valence-electron chi connectivity index (χ4n) is 4.24. The lowest BCUT2D eigenvalue weighted by Gasteiger charge is -2.14. The maximum Gasteiger partial charge on any atom is 0.338 e. The van der Waals surface area contributed by atoms with Gasteiger partial charge in [0.25, 0.3) is 11.8 Å². The van der Waals surface area contributed by atoms with Gasteiger partial charge in [-0.05, 0) is 84.9 Å². The van der Waals surface area contributed by atoms with Crippen LogP contribution in [-0.4, -0.2) is 48.5 Å². The molecule has 9 nitrogen and oxygen atoms in total. The van der Waals surface area contributed by atoms with E-state index in [4.69, 9.17) is 32.7 Å². The number of amides is 2. The molecule has 2 amide bonds. The average Bonchev–Trinajstić information content (AvgIpc) is 3.27. The highest BCUT2D eigenvalue weighted by Crippen LogP contribution is 2.30. The number of carbonyl (C=O) groups excluding carboxylic acids is 6. The van der Waals surface area contributed by atoms with Gasteiger partial charge in [-0.25, -0.2) is 14.5 Å².